The topological polar surface area (TPSA) is 29.9 Å². The van der Waals surface area contributed by atoms with Crippen LogP contribution in [0.25, 0.3) is 5.69 Å². The van der Waals surface area contributed by atoms with E-state index in [4.69, 9.17) is 0 Å². The average molecular weight is 308 g/mol. The lowest BCUT2D eigenvalue weighted by Gasteiger charge is -2.08. The van der Waals surface area contributed by atoms with Crippen LogP contribution >= 0.6 is 15.9 Å². The van der Waals surface area contributed by atoms with Crippen molar-refractivity contribution < 1.29 is 0 Å². The largest absolute Gasteiger partial charge is 0.313 e. The molecule has 1 N–H and O–H groups in total. The van der Waals surface area contributed by atoms with E-state index in [-0.39, 0.29) is 0 Å². The zero-order valence-electron chi connectivity index (χ0n) is 10.8. The quantitative estimate of drug-likeness (QED) is 0.918. The Hall–Kier alpha value is -1.13. The third-order valence-electron chi connectivity index (χ3n) is 2.91. The van der Waals surface area contributed by atoms with Crippen LogP contribution in [0.5, 0.6) is 0 Å². The van der Waals surface area contributed by atoms with E-state index >= 15 is 0 Å². The van der Waals surface area contributed by atoms with Crippen LogP contribution < -0.4 is 5.32 Å². The summed E-state index contributed by atoms with van der Waals surface area (Å²) in [5, 5.41) is 7.86. The SMILES string of the molecule is CCNCc1cnn(-c2cccc(Br)c2)c1CC. The van der Waals surface area contributed by atoms with Crippen LogP contribution in [0.3, 0.4) is 0 Å². The minimum absolute atomic E-state index is 0.883. The average Bonchev–Trinajstić information content (AvgIpc) is 2.79. The molecule has 0 bridgehead atoms. The first kappa shape index (κ1) is 13.3. The van der Waals surface area contributed by atoms with Crippen molar-refractivity contribution in [3.8, 4) is 5.69 Å². The Kier molecular flexibility index (Phi) is 4.55. The van der Waals surface area contributed by atoms with Crippen molar-refractivity contribution in [2.24, 2.45) is 0 Å². The molecule has 0 fully saturated rings. The standard InChI is InChI=1S/C14H18BrN3/c1-3-14-11(9-16-4-2)10-17-18(14)13-7-5-6-12(15)8-13/h5-8,10,16H,3-4,9H2,1-2H3. The van der Waals surface area contributed by atoms with E-state index in [1.165, 1.54) is 11.3 Å². The number of nitrogens with zero attached hydrogens (tertiary/aromatic N) is 2. The van der Waals surface area contributed by atoms with Gasteiger partial charge in [-0.15, -0.1) is 0 Å². The monoisotopic (exact) mass is 307 g/mol. The molecule has 18 heavy (non-hydrogen) atoms. The Bertz CT molecular complexity index is 520. The van der Waals surface area contributed by atoms with Gasteiger partial charge in [0.1, 0.15) is 0 Å². The maximum atomic E-state index is 4.51. The summed E-state index contributed by atoms with van der Waals surface area (Å²) in [4.78, 5) is 0. The van der Waals surface area contributed by atoms with Crippen LogP contribution in [0, 0.1) is 0 Å². The van der Waals surface area contributed by atoms with Gasteiger partial charge in [-0.05, 0) is 31.2 Å². The second kappa shape index (κ2) is 6.16. The van der Waals surface area contributed by atoms with Crippen molar-refractivity contribution in [3.63, 3.8) is 0 Å². The molecule has 4 heteroatoms. The summed E-state index contributed by atoms with van der Waals surface area (Å²) in [7, 11) is 0. The highest BCUT2D eigenvalue weighted by atomic mass is 79.9. The first-order chi connectivity index (χ1) is 8.76. The fraction of sp³-hybridized carbons (Fsp3) is 0.357. The molecule has 1 aromatic heterocycles. The van der Waals surface area contributed by atoms with Crippen molar-refractivity contribution in [3.05, 3.63) is 46.2 Å². The van der Waals surface area contributed by atoms with E-state index in [0.29, 0.717) is 0 Å². The lowest BCUT2D eigenvalue weighted by molar-refractivity contribution is 0.716. The molecule has 0 radical (unpaired) electrons. The molecule has 2 aromatic rings. The van der Waals surface area contributed by atoms with E-state index in [1.807, 2.05) is 23.0 Å². The summed E-state index contributed by atoms with van der Waals surface area (Å²) in [5.74, 6) is 0. The van der Waals surface area contributed by atoms with E-state index in [0.717, 1.165) is 29.7 Å². The number of halogens is 1. The Labute approximate surface area is 116 Å². The van der Waals surface area contributed by atoms with Crippen molar-refractivity contribution in [2.75, 3.05) is 6.54 Å². The molecular formula is C14H18BrN3. The Morgan fingerprint density at radius 1 is 1.33 bits per heavy atom. The van der Waals surface area contributed by atoms with Crippen molar-refractivity contribution in [2.45, 2.75) is 26.8 Å². The smallest absolute Gasteiger partial charge is 0.0660 e. The van der Waals surface area contributed by atoms with Gasteiger partial charge >= 0.3 is 0 Å². The molecule has 1 aromatic carbocycles. The number of benzene rings is 1. The van der Waals surface area contributed by atoms with Crippen LogP contribution in [0.15, 0.2) is 34.9 Å². The Morgan fingerprint density at radius 2 is 2.17 bits per heavy atom. The fourth-order valence-corrected chi connectivity index (χ4v) is 2.41. The zero-order valence-corrected chi connectivity index (χ0v) is 12.4. The third kappa shape index (κ3) is 2.82. The van der Waals surface area contributed by atoms with Gasteiger partial charge in [0.2, 0.25) is 0 Å². The first-order valence-corrected chi connectivity index (χ1v) is 7.08. The van der Waals surface area contributed by atoms with Gasteiger partial charge in [0.05, 0.1) is 11.9 Å². The molecule has 0 spiro atoms. The second-order valence-corrected chi connectivity index (χ2v) is 5.06. The minimum Gasteiger partial charge on any atom is -0.313 e. The molecule has 96 valence electrons. The van der Waals surface area contributed by atoms with Crippen LogP contribution in [-0.4, -0.2) is 16.3 Å². The molecule has 0 amide bonds. The number of hydrogen-bond donors (Lipinski definition) is 1. The molecule has 0 aliphatic rings. The summed E-state index contributed by atoms with van der Waals surface area (Å²) in [6, 6.07) is 8.22. The van der Waals surface area contributed by atoms with Gasteiger partial charge in [-0.1, -0.05) is 35.8 Å². The molecule has 1 heterocycles. The molecule has 0 unspecified atom stereocenters. The van der Waals surface area contributed by atoms with Gasteiger partial charge in [-0.25, -0.2) is 4.68 Å². The summed E-state index contributed by atoms with van der Waals surface area (Å²) in [5.41, 5.74) is 3.65. The summed E-state index contributed by atoms with van der Waals surface area (Å²) in [6.07, 6.45) is 2.94. The Morgan fingerprint density at radius 3 is 2.83 bits per heavy atom. The number of rotatable bonds is 5. The highest BCUT2D eigenvalue weighted by Gasteiger charge is 2.10. The van der Waals surface area contributed by atoms with Crippen molar-refractivity contribution >= 4 is 15.9 Å². The van der Waals surface area contributed by atoms with E-state index in [9.17, 15) is 0 Å². The fourth-order valence-electron chi connectivity index (χ4n) is 2.02. The van der Waals surface area contributed by atoms with Crippen molar-refractivity contribution in [1.29, 1.82) is 0 Å². The molecule has 0 atom stereocenters. The molecule has 0 aliphatic heterocycles. The minimum atomic E-state index is 0.883. The summed E-state index contributed by atoms with van der Waals surface area (Å²) >= 11 is 3.50. The molecular weight excluding hydrogens is 290 g/mol. The predicted octanol–water partition coefficient (Wildman–Crippen LogP) is 3.31. The van der Waals surface area contributed by atoms with Gasteiger partial charge in [-0.2, -0.15) is 5.10 Å². The Balaban J connectivity index is 2.36. The van der Waals surface area contributed by atoms with E-state index in [1.54, 1.807) is 0 Å². The predicted molar refractivity (Wildman–Crippen MR) is 78.0 cm³/mol. The van der Waals surface area contributed by atoms with E-state index in [2.05, 4.69) is 52.3 Å². The summed E-state index contributed by atoms with van der Waals surface area (Å²) < 4.78 is 3.10. The van der Waals surface area contributed by atoms with Gasteiger partial charge in [0.15, 0.2) is 0 Å². The lowest BCUT2D eigenvalue weighted by Crippen LogP contribution is -2.13. The van der Waals surface area contributed by atoms with Gasteiger partial charge in [0, 0.05) is 22.3 Å². The first-order valence-electron chi connectivity index (χ1n) is 6.28. The maximum Gasteiger partial charge on any atom is 0.0660 e. The van der Waals surface area contributed by atoms with Crippen LogP contribution in [0.1, 0.15) is 25.1 Å². The van der Waals surface area contributed by atoms with Gasteiger partial charge in [0.25, 0.3) is 0 Å². The van der Waals surface area contributed by atoms with Crippen LogP contribution in [0.2, 0.25) is 0 Å². The molecule has 0 saturated carbocycles. The second-order valence-electron chi connectivity index (χ2n) is 4.14. The normalized spacial score (nSPS) is 10.8. The van der Waals surface area contributed by atoms with Gasteiger partial charge < -0.3 is 5.32 Å². The molecule has 0 aliphatic carbocycles. The van der Waals surface area contributed by atoms with Gasteiger partial charge in [-0.3, -0.25) is 0 Å². The molecule has 0 saturated heterocycles. The van der Waals surface area contributed by atoms with Crippen LogP contribution in [0.4, 0.5) is 0 Å². The van der Waals surface area contributed by atoms with Crippen molar-refractivity contribution in [1.82, 2.24) is 15.1 Å². The van der Waals surface area contributed by atoms with Crippen LogP contribution in [-0.2, 0) is 13.0 Å². The number of aromatic nitrogens is 2. The molecule has 3 nitrogen and oxygen atoms in total. The lowest BCUT2D eigenvalue weighted by atomic mass is 10.2. The third-order valence-corrected chi connectivity index (χ3v) is 3.40. The molecule has 2 rings (SSSR count). The van der Waals surface area contributed by atoms with E-state index < -0.39 is 0 Å². The summed E-state index contributed by atoms with van der Waals surface area (Å²) in [6.45, 7) is 6.14. The number of nitrogens with one attached hydrogen (secondary N) is 1. The zero-order chi connectivity index (χ0) is 13.0. The maximum absolute atomic E-state index is 4.51. The number of hydrogen-bond acceptors (Lipinski definition) is 2. The highest BCUT2D eigenvalue weighted by molar-refractivity contribution is 9.10. The highest BCUT2D eigenvalue weighted by Crippen LogP contribution is 2.19.